The summed E-state index contributed by atoms with van der Waals surface area (Å²) in [7, 11) is 0. The van der Waals surface area contributed by atoms with Gasteiger partial charge in [0.2, 0.25) is 17.0 Å². The molecule has 4 aromatic rings. The maximum Gasteiger partial charge on any atom is 0.270 e. The molecule has 8 heteroatoms. The Hall–Kier alpha value is -4.33. The highest BCUT2D eigenvalue weighted by atomic mass is 16.5. The summed E-state index contributed by atoms with van der Waals surface area (Å²) < 4.78 is 17.2. The van der Waals surface area contributed by atoms with Crippen LogP contribution < -0.4 is 14.9 Å². The lowest BCUT2D eigenvalue weighted by Gasteiger charge is -2.13. The lowest BCUT2D eigenvalue weighted by molar-refractivity contribution is 0.0787. The molecule has 0 aliphatic carbocycles. The van der Waals surface area contributed by atoms with E-state index >= 15 is 0 Å². The smallest absolute Gasteiger partial charge is 0.270 e. The molecule has 0 unspecified atom stereocenters. The van der Waals surface area contributed by atoms with E-state index in [-0.39, 0.29) is 29.5 Å². The van der Waals surface area contributed by atoms with Gasteiger partial charge in [0.1, 0.15) is 28.5 Å². The van der Waals surface area contributed by atoms with Gasteiger partial charge in [-0.2, -0.15) is 0 Å². The molecule has 0 atom stereocenters. The number of likely N-dealkylation sites (tertiary alicyclic amines) is 1. The second-order valence-electron chi connectivity index (χ2n) is 8.40. The van der Waals surface area contributed by atoms with Crippen molar-refractivity contribution < 1.29 is 23.5 Å². The quantitative estimate of drug-likeness (QED) is 0.391. The van der Waals surface area contributed by atoms with Gasteiger partial charge in [0.15, 0.2) is 6.61 Å². The number of nitrogens with one attached hydrogen (secondary N) is 1. The molecule has 178 valence electrons. The number of H-pyrrole nitrogens is 1. The fourth-order valence-electron chi connectivity index (χ4n) is 4.08. The maximum atomic E-state index is 13.0. The number of ether oxygens (including phenoxy) is 2. The minimum Gasteiger partial charge on any atom is -0.485 e. The van der Waals surface area contributed by atoms with Crippen LogP contribution in [0.2, 0.25) is 0 Å². The second kappa shape index (κ2) is 9.50. The number of Topliss-reactive ketones (excluding diaryl/α,β-unsaturated/α-hetero) is 1. The number of aromatic nitrogens is 1. The van der Waals surface area contributed by atoms with E-state index in [9.17, 15) is 14.4 Å². The lowest BCUT2D eigenvalue weighted by Crippen LogP contribution is -2.27. The minimum atomic E-state index is -0.294. The van der Waals surface area contributed by atoms with Crippen LogP contribution in [0.5, 0.6) is 17.2 Å². The van der Waals surface area contributed by atoms with Crippen LogP contribution >= 0.6 is 0 Å². The Kier molecular flexibility index (Phi) is 6.10. The summed E-state index contributed by atoms with van der Waals surface area (Å²) in [6.07, 6.45) is 3.52. The Morgan fingerprint density at radius 1 is 1.03 bits per heavy atom. The molecule has 0 radical (unpaired) electrons. The summed E-state index contributed by atoms with van der Waals surface area (Å²) in [6.45, 7) is 2.91. The first-order chi connectivity index (χ1) is 17.0. The molecule has 2 aromatic carbocycles. The molecule has 1 N–H and O–H groups in total. The molecule has 3 heterocycles. The third kappa shape index (κ3) is 4.68. The van der Waals surface area contributed by atoms with E-state index in [1.165, 1.54) is 6.20 Å². The molecule has 1 aliphatic rings. The first-order valence-corrected chi connectivity index (χ1v) is 11.4. The van der Waals surface area contributed by atoms with E-state index in [1.807, 2.05) is 18.2 Å². The summed E-state index contributed by atoms with van der Waals surface area (Å²) in [5.74, 6) is 1.01. The molecule has 8 nitrogen and oxygen atoms in total. The van der Waals surface area contributed by atoms with Crippen LogP contribution in [0.15, 0.2) is 70.0 Å². The normalized spacial score (nSPS) is 13.2. The van der Waals surface area contributed by atoms with Gasteiger partial charge >= 0.3 is 0 Å². The Labute approximate surface area is 201 Å². The number of ketones is 1. The van der Waals surface area contributed by atoms with Gasteiger partial charge in [0.05, 0.1) is 5.39 Å². The number of nitrogens with zero attached hydrogens (tertiary/aromatic N) is 1. The Bertz CT molecular complexity index is 1450. The fourth-order valence-corrected chi connectivity index (χ4v) is 4.08. The average Bonchev–Trinajstić information content (AvgIpc) is 3.58. The number of hydrogen-bond donors (Lipinski definition) is 1. The number of para-hydroxylation sites is 1. The van der Waals surface area contributed by atoms with E-state index in [0.717, 1.165) is 25.9 Å². The molecule has 1 aliphatic heterocycles. The highest BCUT2D eigenvalue weighted by molar-refractivity contribution is 6.01. The third-order valence-corrected chi connectivity index (χ3v) is 5.95. The predicted octanol–water partition coefficient (Wildman–Crippen LogP) is 4.72. The number of carbonyl (C=O) groups excluding carboxylic acids is 2. The van der Waals surface area contributed by atoms with Crippen LogP contribution in [0.3, 0.4) is 0 Å². The molecule has 1 amide bonds. The topological polar surface area (TPSA) is 102 Å². The van der Waals surface area contributed by atoms with E-state index < -0.39 is 0 Å². The molecule has 0 saturated carbocycles. The molecule has 0 spiro atoms. The minimum absolute atomic E-state index is 0.0991. The largest absolute Gasteiger partial charge is 0.485 e. The highest BCUT2D eigenvalue weighted by Crippen LogP contribution is 2.27. The van der Waals surface area contributed by atoms with E-state index in [2.05, 4.69) is 4.98 Å². The summed E-state index contributed by atoms with van der Waals surface area (Å²) >= 11 is 0. The van der Waals surface area contributed by atoms with Crippen LogP contribution in [0.25, 0.3) is 11.0 Å². The average molecular weight is 472 g/mol. The number of carbonyl (C=O) groups is 2. The van der Waals surface area contributed by atoms with E-state index in [4.69, 9.17) is 13.9 Å². The van der Waals surface area contributed by atoms with E-state index in [1.54, 1.807) is 48.2 Å². The number of aromatic amines is 1. The zero-order valence-electron chi connectivity index (χ0n) is 19.2. The standard InChI is InChI=1S/C27H24N2O6/c1-17-26(35-19-7-3-2-4-8-19)25(31)21-10-9-20(14-24(21)34-17)33-16-23(30)18-13-22(28-15-18)27(32)29-11-5-6-12-29/h2-4,7-10,13-15,28H,5-6,11-12,16H2,1H3. The van der Waals surface area contributed by atoms with Crippen molar-refractivity contribution in [2.24, 2.45) is 0 Å². The van der Waals surface area contributed by atoms with Gasteiger partial charge in [-0.05, 0) is 50.1 Å². The molecule has 1 saturated heterocycles. The number of aryl methyl sites for hydroxylation is 1. The number of benzene rings is 2. The van der Waals surface area contributed by atoms with Crippen molar-refractivity contribution in [1.82, 2.24) is 9.88 Å². The van der Waals surface area contributed by atoms with Gasteiger partial charge in [-0.3, -0.25) is 14.4 Å². The third-order valence-electron chi connectivity index (χ3n) is 5.95. The van der Waals surface area contributed by atoms with Crippen LogP contribution in [0.1, 0.15) is 39.4 Å². The summed E-state index contributed by atoms with van der Waals surface area (Å²) in [5.41, 5.74) is 0.806. The predicted molar refractivity (Wildman–Crippen MR) is 129 cm³/mol. The summed E-state index contributed by atoms with van der Waals surface area (Å²) in [6, 6.07) is 15.3. The number of hydrogen-bond acceptors (Lipinski definition) is 6. The zero-order valence-corrected chi connectivity index (χ0v) is 19.2. The fraction of sp³-hybridized carbons (Fsp3) is 0.222. The summed E-state index contributed by atoms with van der Waals surface area (Å²) in [5, 5.41) is 0.343. The van der Waals surface area contributed by atoms with Crippen molar-refractivity contribution in [3.05, 3.63) is 88.0 Å². The van der Waals surface area contributed by atoms with Crippen molar-refractivity contribution in [2.45, 2.75) is 19.8 Å². The van der Waals surface area contributed by atoms with Gasteiger partial charge in [0, 0.05) is 30.9 Å². The number of fused-ring (bicyclic) bond motifs is 1. The van der Waals surface area contributed by atoms with Crippen molar-refractivity contribution in [3.63, 3.8) is 0 Å². The van der Waals surface area contributed by atoms with Crippen LogP contribution in [0, 0.1) is 6.92 Å². The Morgan fingerprint density at radius 3 is 2.57 bits per heavy atom. The molecule has 1 fully saturated rings. The molecule has 5 rings (SSSR count). The molecule has 35 heavy (non-hydrogen) atoms. The molecular formula is C27H24N2O6. The van der Waals surface area contributed by atoms with Gasteiger partial charge in [-0.25, -0.2) is 0 Å². The van der Waals surface area contributed by atoms with Crippen LogP contribution in [-0.2, 0) is 0 Å². The first kappa shape index (κ1) is 22.5. The van der Waals surface area contributed by atoms with Gasteiger partial charge in [-0.15, -0.1) is 0 Å². The zero-order chi connectivity index (χ0) is 24.4. The molecule has 2 aromatic heterocycles. The van der Waals surface area contributed by atoms with Gasteiger partial charge in [-0.1, -0.05) is 18.2 Å². The monoisotopic (exact) mass is 472 g/mol. The van der Waals surface area contributed by atoms with Crippen molar-refractivity contribution >= 4 is 22.7 Å². The molecule has 0 bridgehead atoms. The SMILES string of the molecule is Cc1oc2cc(OCC(=O)c3c[nH]c(C(=O)N4CCCC4)c3)ccc2c(=O)c1Oc1ccccc1. The van der Waals surface area contributed by atoms with Crippen LogP contribution in [0.4, 0.5) is 0 Å². The Balaban J connectivity index is 1.28. The second-order valence-corrected chi connectivity index (χ2v) is 8.40. The van der Waals surface area contributed by atoms with Crippen molar-refractivity contribution in [2.75, 3.05) is 19.7 Å². The maximum absolute atomic E-state index is 13.0. The van der Waals surface area contributed by atoms with Crippen molar-refractivity contribution in [1.29, 1.82) is 0 Å². The first-order valence-electron chi connectivity index (χ1n) is 11.4. The summed E-state index contributed by atoms with van der Waals surface area (Å²) in [4.78, 5) is 42.7. The van der Waals surface area contributed by atoms with Crippen LogP contribution in [-0.4, -0.2) is 41.3 Å². The highest BCUT2D eigenvalue weighted by Gasteiger charge is 2.22. The number of rotatable bonds is 7. The van der Waals surface area contributed by atoms with E-state index in [0.29, 0.717) is 39.5 Å². The number of amides is 1. The Morgan fingerprint density at radius 2 is 1.80 bits per heavy atom. The van der Waals surface area contributed by atoms with Gasteiger partial charge in [0.25, 0.3) is 5.91 Å². The van der Waals surface area contributed by atoms with Gasteiger partial charge < -0.3 is 23.8 Å². The molecular weight excluding hydrogens is 448 g/mol. The van der Waals surface area contributed by atoms with Crippen molar-refractivity contribution in [3.8, 4) is 17.2 Å². The lowest BCUT2D eigenvalue weighted by atomic mass is 10.2.